The fourth-order valence-electron chi connectivity index (χ4n) is 4.22. The lowest BCUT2D eigenvalue weighted by Crippen LogP contribution is -2.44. The molecule has 27 heavy (non-hydrogen) atoms. The number of esters is 1. The first-order valence-electron chi connectivity index (χ1n) is 9.67. The summed E-state index contributed by atoms with van der Waals surface area (Å²) in [6.07, 6.45) is 3.95. The fraction of sp³-hybridized carbons (Fsp3) is 0.842. The van der Waals surface area contributed by atoms with Crippen LogP contribution in [-0.4, -0.2) is 75.0 Å². The molecule has 0 bridgehead atoms. The summed E-state index contributed by atoms with van der Waals surface area (Å²) in [6.45, 7) is 6.72. The Morgan fingerprint density at radius 1 is 1.26 bits per heavy atom. The van der Waals surface area contributed by atoms with Crippen LogP contribution in [-0.2, 0) is 14.3 Å². The molecule has 1 N–H and O–H groups in total. The van der Waals surface area contributed by atoms with Gasteiger partial charge in [-0.05, 0) is 25.7 Å². The van der Waals surface area contributed by atoms with E-state index in [9.17, 15) is 9.59 Å². The SMILES string of the molecule is CCNC(=NCC1(C(=O)N(C)C)CCCC1)N1CC(C)C(C(=O)OC)C1.I. The summed E-state index contributed by atoms with van der Waals surface area (Å²) in [5.41, 5.74) is -0.378. The molecule has 0 aromatic heterocycles. The molecule has 0 radical (unpaired) electrons. The molecule has 0 spiro atoms. The van der Waals surface area contributed by atoms with Gasteiger partial charge in [-0.2, -0.15) is 0 Å². The second kappa shape index (κ2) is 10.5. The molecule has 1 amide bonds. The van der Waals surface area contributed by atoms with Crippen molar-refractivity contribution in [1.29, 1.82) is 0 Å². The number of nitrogens with one attached hydrogen (secondary N) is 1. The third-order valence-corrected chi connectivity index (χ3v) is 5.70. The number of carbonyl (C=O) groups excluding carboxylic acids is 2. The zero-order chi connectivity index (χ0) is 19.3. The minimum absolute atomic E-state index is 0. The van der Waals surface area contributed by atoms with Crippen LogP contribution in [0.3, 0.4) is 0 Å². The predicted octanol–water partition coefficient (Wildman–Crippen LogP) is 1.96. The van der Waals surface area contributed by atoms with Gasteiger partial charge >= 0.3 is 5.97 Å². The Balaban J connectivity index is 0.00000364. The number of ether oxygens (including phenoxy) is 1. The third-order valence-electron chi connectivity index (χ3n) is 5.70. The standard InChI is InChI=1S/C19H34N4O3.HI/c1-6-20-18(23-11-14(2)15(12-23)16(24)26-5)21-13-19(9-7-8-10-19)17(25)22(3)4;/h14-15H,6-13H2,1-5H3,(H,20,21);1H. The number of amides is 1. The first kappa shape index (κ1) is 24.0. The number of guanidine groups is 1. The van der Waals surface area contributed by atoms with Crippen LogP contribution < -0.4 is 5.32 Å². The first-order chi connectivity index (χ1) is 12.3. The van der Waals surface area contributed by atoms with Gasteiger partial charge in [-0.3, -0.25) is 14.6 Å². The zero-order valence-electron chi connectivity index (χ0n) is 17.3. The molecular formula is C19H35IN4O3. The molecule has 0 aromatic rings. The lowest BCUT2D eigenvalue weighted by atomic mass is 9.85. The van der Waals surface area contributed by atoms with Crippen molar-refractivity contribution in [1.82, 2.24) is 15.1 Å². The van der Waals surface area contributed by atoms with E-state index in [1.54, 1.807) is 4.90 Å². The molecule has 8 heteroatoms. The van der Waals surface area contributed by atoms with Crippen LogP contribution in [0.15, 0.2) is 4.99 Å². The predicted molar refractivity (Wildman–Crippen MR) is 117 cm³/mol. The van der Waals surface area contributed by atoms with Gasteiger partial charge in [0.1, 0.15) is 0 Å². The van der Waals surface area contributed by atoms with Crippen LogP contribution in [0.2, 0.25) is 0 Å². The van der Waals surface area contributed by atoms with Crippen molar-refractivity contribution in [3.63, 3.8) is 0 Å². The van der Waals surface area contributed by atoms with E-state index < -0.39 is 0 Å². The maximum atomic E-state index is 12.8. The van der Waals surface area contributed by atoms with E-state index in [4.69, 9.17) is 9.73 Å². The number of rotatable bonds is 5. The number of aliphatic imine (C=N–C) groups is 1. The number of methoxy groups -OCH3 is 1. The van der Waals surface area contributed by atoms with Crippen molar-refractivity contribution < 1.29 is 14.3 Å². The number of nitrogens with zero attached hydrogens (tertiary/aromatic N) is 3. The van der Waals surface area contributed by atoms with E-state index in [0.29, 0.717) is 13.1 Å². The summed E-state index contributed by atoms with van der Waals surface area (Å²) < 4.78 is 4.93. The van der Waals surface area contributed by atoms with Gasteiger partial charge in [0.05, 0.1) is 25.0 Å². The Morgan fingerprint density at radius 2 is 1.89 bits per heavy atom. The van der Waals surface area contributed by atoms with Crippen molar-refractivity contribution in [3.8, 4) is 0 Å². The van der Waals surface area contributed by atoms with Crippen molar-refractivity contribution in [3.05, 3.63) is 0 Å². The molecule has 1 aliphatic heterocycles. The van der Waals surface area contributed by atoms with Crippen LogP contribution in [0.25, 0.3) is 0 Å². The van der Waals surface area contributed by atoms with Crippen molar-refractivity contribution >= 4 is 41.8 Å². The molecule has 156 valence electrons. The maximum Gasteiger partial charge on any atom is 0.310 e. The molecule has 1 heterocycles. The van der Waals surface area contributed by atoms with Crippen LogP contribution in [0.1, 0.15) is 39.5 Å². The molecular weight excluding hydrogens is 459 g/mol. The Bertz CT molecular complexity index is 547. The summed E-state index contributed by atoms with van der Waals surface area (Å²) in [6, 6.07) is 0. The smallest absolute Gasteiger partial charge is 0.310 e. The van der Waals surface area contributed by atoms with Crippen LogP contribution in [0.4, 0.5) is 0 Å². The summed E-state index contributed by atoms with van der Waals surface area (Å²) in [5, 5.41) is 3.33. The Morgan fingerprint density at radius 3 is 2.41 bits per heavy atom. The number of hydrogen-bond acceptors (Lipinski definition) is 4. The van der Waals surface area contributed by atoms with Crippen molar-refractivity contribution in [2.45, 2.75) is 39.5 Å². The van der Waals surface area contributed by atoms with E-state index in [2.05, 4.69) is 17.1 Å². The molecule has 2 unspecified atom stereocenters. The fourth-order valence-corrected chi connectivity index (χ4v) is 4.22. The largest absolute Gasteiger partial charge is 0.469 e. The molecule has 2 atom stereocenters. The Hall–Kier alpha value is -1.06. The quantitative estimate of drug-likeness (QED) is 0.274. The van der Waals surface area contributed by atoms with E-state index in [1.807, 2.05) is 21.0 Å². The normalized spacial score (nSPS) is 24.3. The van der Waals surface area contributed by atoms with Gasteiger partial charge in [0.25, 0.3) is 0 Å². The highest BCUT2D eigenvalue weighted by molar-refractivity contribution is 14.0. The second-order valence-electron chi connectivity index (χ2n) is 7.87. The molecule has 2 fully saturated rings. The summed E-state index contributed by atoms with van der Waals surface area (Å²) in [5.74, 6) is 0.897. The summed E-state index contributed by atoms with van der Waals surface area (Å²) >= 11 is 0. The molecule has 2 rings (SSSR count). The minimum atomic E-state index is -0.378. The van der Waals surface area contributed by atoms with Crippen LogP contribution in [0.5, 0.6) is 0 Å². The number of hydrogen-bond donors (Lipinski definition) is 1. The van der Waals surface area contributed by atoms with Gasteiger partial charge in [-0.1, -0.05) is 19.8 Å². The summed E-state index contributed by atoms with van der Waals surface area (Å²) in [4.78, 5) is 33.4. The topological polar surface area (TPSA) is 74.2 Å². The van der Waals surface area contributed by atoms with Crippen LogP contribution >= 0.6 is 24.0 Å². The van der Waals surface area contributed by atoms with Gasteiger partial charge in [0.2, 0.25) is 5.91 Å². The van der Waals surface area contributed by atoms with Crippen molar-refractivity contribution in [2.24, 2.45) is 22.2 Å². The zero-order valence-corrected chi connectivity index (χ0v) is 19.6. The Labute approximate surface area is 180 Å². The monoisotopic (exact) mass is 494 g/mol. The van der Waals surface area contributed by atoms with Crippen molar-refractivity contribution in [2.75, 3.05) is 47.4 Å². The van der Waals surface area contributed by atoms with Gasteiger partial charge < -0.3 is 19.9 Å². The molecule has 1 saturated carbocycles. The summed E-state index contributed by atoms with van der Waals surface area (Å²) in [7, 11) is 5.08. The van der Waals surface area contributed by atoms with E-state index >= 15 is 0 Å². The third kappa shape index (κ3) is 5.48. The first-order valence-corrected chi connectivity index (χ1v) is 9.67. The average molecular weight is 494 g/mol. The molecule has 2 aliphatic rings. The molecule has 7 nitrogen and oxygen atoms in total. The lowest BCUT2D eigenvalue weighted by Gasteiger charge is -2.30. The molecule has 1 saturated heterocycles. The minimum Gasteiger partial charge on any atom is -0.469 e. The molecule has 0 aromatic carbocycles. The highest BCUT2D eigenvalue weighted by Gasteiger charge is 2.42. The van der Waals surface area contributed by atoms with E-state index in [1.165, 1.54) is 7.11 Å². The van der Waals surface area contributed by atoms with Gasteiger partial charge in [0, 0.05) is 33.7 Å². The van der Waals surface area contributed by atoms with Gasteiger partial charge in [0.15, 0.2) is 5.96 Å². The lowest BCUT2D eigenvalue weighted by molar-refractivity contribution is -0.146. The highest BCUT2D eigenvalue weighted by atomic mass is 127. The number of halogens is 1. The van der Waals surface area contributed by atoms with Gasteiger partial charge in [-0.25, -0.2) is 0 Å². The Kier molecular flexibility index (Phi) is 9.30. The highest BCUT2D eigenvalue weighted by Crippen LogP contribution is 2.40. The number of likely N-dealkylation sites (tertiary alicyclic amines) is 1. The molecule has 1 aliphatic carbocycles. The van der Waals surface area contributed by atoms with E-state index in [0.717, 1.165) is 44.7 Å². The van der Waals surface area contributed by atoms with E-state index in [-0.39, 0.29) is 53.1 Å². The van der Waals surface area contributed by atoms with Crippen LogP contribution in [0, 0.1) is 17.3 Å². The van der Waals surface area contributed by atoms with Gasteiger partial charge in [-0.15, -0.1) is 24.0 Å². The number of carbonyl (C=O) groups is 2. The average Bonchev–Trinajstić information content (AvgIpc) is 3.24. The maximum absolute atomic E-state index is 12.8. The second-order valence-corrected chi connectivity index (χ2v) is 7.87.